The van der Waals surface area contributed by atoms with Gasteiger partial charge in [-0.2, -0.15) is 8.78 Å². The third-order valence-electron chi connectivity index (χ3n) is 2.80. The lowest BCUT2D eigenvalue weighted by Gasteiger charge is -2.31. The lowest BCUT2D eigenvalue weighted by molar-refractivity contribution is -0.188. The number of fused-ring (bicyclic) bond motifs is 1. The Balaban J connectivity index is 2.45. The van der Waals surface area contributed by atoms with E-state index in [9.17, 15) is 18.2 Å². The van der Waals surface area contributed by atoms with Crippen LogP contribution in [0.15, 0.2) is 55.1 Å². The second-order valence-corrected chi connectivity index (χ2v) is 8.55. The van der Waals surface area contributed by atoms with Gasteiger partial charge < -0.3 is 9.46 Å². The summed E-state index contributed by atoms with van der Waals surface area (Å²) in [4.78, 5) is 11.7. The molecule has 0 radical (unpaired) electrons. The van der Waals surface area contributed by atoms with Crippen LogP contribution in [0.3, 0.4) is 0 Å². The van der Waals surface area contributed by atoms with E-state index in [0.29, 0.717) is 5.39 Å². The van der Waals surface area contributed by atoms with Gasteiger partial charge in [-0.3, -0.25) is 0 Å². The van der Waals surface area contributed by atoms with E-state index in [2.05, 4.69) is 6.58 Å². The molecule has 0 N–H and O–H groups in total. The van der Waals surface area contributed by atoms with Gasteiger partial charge in [0.2, 0.25) is 0 Å². The number of halogens is 2. The summed E-state index contributed by atoms with van der Waals surface area (Å²) in [6.07, 6.45) is 1.28. The molecule has 106 valence electrons. The fourth-order valence-corrected chi connectivity index (χ4v) is 4.39. The van der Waals surface area contributed by atoms with Crippen molar-refractivity contribution in [3.63, 3.8) is 0 Å². The maximum Gasteiger partial charge on any atom is 0.319 e. The highest BCUT2D eigenvalue weighted by atomic mass is 32.7. The summed E-state index contributed by atoms with van der Waals surface area (Å²) in [5.74, 6) is -0.0655. The second-order valence-electron chi connectivity index (χ2n) is 4.19. The zero-order valence-corrected chi connectivity index (χ0v) is 12.2. The second kappa shape index (κ2) is 5.68. The standard InChI is InChI=1S/C14H13F2O2PS/c1-2-9-20-19(17,18)14(15,16)13-8-7-11-5-3-4-6-12(11)10-13/h2-8,10H,1,9H2,(H,17,18)/p-1. The maximum absolute atomic E-state index is 14.2. The molecule has 0 aliphatic carbocycles. The first-order valence-electron chi connectivity index (χ1n) is 5.82. The normalized spacial score (nSPS) is 14.9. The van der Waals surface area contributed by atoms with E-state index in [1.165, 1.54) is 18.2 Å². The van der Waals surface area contributed by atoms with Crippen molar-refractivity contribution in [3.8, 4) is 0 Å². The Morgan fingerprint density at radius 3 is 2.55 bits per heavy atom. The molecule has 6 heteroatoms. The van der Waals surface area contributed by atoms with Crippen LogP contribution in [0.2, 0.25) is 0 Å². The van der Waals surface area contributed by atoms with Crippen LogP contribution in [-0.2, 0) is 10.2 Å². The highest BCUT2D eigenvalue weighted by Gasteiger charge is 2.43. The molecular formula is C14H12F2O2PS-. The molecule has 0 saturated carbocycles. The third kappa shape index (κ3) is 2.80. The van der Waals surface area contributed by atoms with Gasteiger partial charge in [0.05, 0.1) is 0 Å². The van der Waals surface area contributed by atoms with Crippen molar-refractivity contribution in [2.24, 2.45) is 0 Å². The molecule has 2 rings (SSSR count). The summed E-state index contributed by atoms with van der Waals surface area (Å²) in [5.41, 5.74) is -4.41. The largest absolute Gasteiger partial charge is 0.787 e. The smallest absolute Gasteiger partial charge is 0.319 e. The van der Waals surface area contributed by atoms with Gasteiger partial charge >= 0.3 is 5.66 Å². The van der Waals surface area contributed by atoms with Crippen molar-refractivity contribution in [2.45, 2.75) is 5.66 Å². The van der Waals surface area contributed by atoms with Gasteiger partial charge in [0.25, 0.3) is 0 Å². The molecule has 2 aromatic carbocycles. The average molecular weight is 313 g/mol. The first-order chi connectivity index (χ1) is 9.38. The van der Waals surface area contributed by atoms with Crippen LogP contribution in [0.4, 0.5) is 8.78 Å². The van der Waals surface area contributed by atoms with Crippen LogP contribution < -0.4 is 4.89 Å². The molecule has 0 spiro atoms. The van der Waals surface area contributed by atoms with Crippen LogP contribution in [0.25, 0.3) is 10.8 Å². The quantitative estimate of drug-likeness (QED) is 0.608. The molecule has 1 unspecified atom stereocenters. The Morgan fingerprint density at radius 1 is 1.25 bits per heavy atom. The predicted octanol–water partition coefficient (Wildman–Crippen LogP) is 4.36. The van der Waals surface area contributed by atoms with Gasteiger partial charge in [-0.15, -0.1) is 18.0 Å². The number of benzene rings is 2. The monoisotopic (exact) mass is 313 g/mol. The Bertz CT molecular complexity index is 688. The summed E-state index contributed by atoms with van der Waals surface area (Å²) < 4.78 is 40.0. The minimum atomic E-state index is -4.95. The Labute approximate surface area is 119 Å². The van der Waals surface area contributed by atoms with Crippen molar-refractivity contribution < 1.29 is 18.2 Å². The Kier molecular flexibility index (Phi) is 4.33. The fraction of sp³-hybridized carbons (Fsp3) is 0.143. The van der Waals surface area contributed by atoms with E-state index in [1.807, 2.05) is 0 Å². The SMILES string of the molecule is C=CCSP(=O)([O-])C(F)(F)c1ccc2ccccc2c1. The fourth-order valence-electron chi connectivity index (χ4n) is 1.77. The van der Waals surface area contributed by atoms with Gasteiger partial charge in [0.15, 0.2) is 0 Å². The van der Waals surface area contributed by atoms with E-state index >= 15 is 0 Å². The van der Waals surface area contributed by atoms with Crippen molar-refractivity contribution in [3.05, 3.63) is 60.7 Å². The first kappa shape index (κ1) is 15.2. The molecule has 2 aromatic rings. The summed E-state index contributed by atoms with van der Waals surface area (Å²) in [7, 11) is 0. The zero-order valence-electron chi connectivity index (χ0n) is 10.5. The summed E-state index contributed by atoms with van der Waals surface area (Å²) >= 11 is 0.218. The number of alkyl halides is 2. The maximum atomic E-state index is 14.2. The van der Waals surface area contributed by atoms with Crippen molar-refractivity contribution in [1.29, 1.82) is 0 Å². The van der Waals surface area contributed by atoms with Gasteiger partial charge in [0, 0.05) is 11.3 Å². The van der Waals surface area contributed by atoms with Crippen LogP contribution in [0, 0.1) is 0 Å². The zero-order chi connectivity index (χ0) is 14.8. The van der Waals surface area contributed by atoms with Gasteiger partial charge in [-0.05, 0) is 16.8 Å². The van der Waals surface area contributed by atoms with Gasteiger partial charge in [-0.25, -0.2) is 0 Å². The topological polar surface area (TPSA) is 40.1 Å². The van der Waals surface area contributed by atoms with E-state index in [-0.39, 0.29) is 17.1 Å². The molecule has 0 aromatic heterocycles. The molecular weight excluding hydrogens is 301 g/mol. The molecule has 0 saturated heterocycles. The lowest BCUT2D eigenvalue weighted by atomic mass is 10.1. The minimum absolute atomic E-state index is 0.0655. The van der Waals surface area contributed by atoms with Crippen LogP contribution in [-0.4, -0.2) is 5.75 Å². The molecule has 0 aliphatic rings. The average Bonchev–Trinajstić information content (AvgIpc) is 2.44. The summed E-state index contributed by atoms with van der Waals surface area (Å²) in [5, 5.41) is 1.37. The van der Waals surface area contributed by atoms with Gasteiger partial charge in [-0.1, -0.05) is 42.5 Å². The molecule has 1 atom stereocenters. The predicted molar refractivity (Wildman–Crippen MR) is 78.1 cm³/mol. The number of hydrogen-bond donors (Lipinski definition) is 0. The lowest BCUT2D eigenvalue weighted by Crippen LogP contribution is -2.20. The first-order valence-corrected chi connectivity index (χ1v) is 9.04. The van der Waals surface area contributed by atoms with Crippen molar-refractivity contribution in [1.82, 2.24) is 0 Å². The van der Waals surface area contributed by atoms with E-state index in [4.69, 9.17) is 0 Å². The number of rotatable bonds is 5. The van der Waals surface area contributed by atoms with E-state index in [0.717, 1.165) is 11.5 Å². The molecule has 0 amide bonds. The highest BCUT2D eigenvalue weighted by Crippen LogP contribution is 2.67. The molecule has 0 aliphatic heterocycles. The molecule has 2 nitrogen and oxygen atoms in total. The minimum Gasteiger partial charge on any atom is -0.787 e. The van der Waals surface area contributed by atoms with E-state index in [1.54, 1.807) is 24.3 Å². The molecule has 0 bridgehead atoms. The van der Waals surface area contributed by atoms with Gasteiger partial charge in [0.1, 0.15) is 6.57 Å². The van der Waals surface area contributed by atoms with E-state index < -0.39 is 17.8 Å². The van der Waals surface area contributed by atoms with Crippen molar-refractivity contribution >= 4 is 28.7 Å². The Morgan fingerprint density at radius 2 is 1.90 bits per heavy atom. The molecule has 20 heavy (non-hydrogen) atoms. The van der Waals surface area contributed by atoms with Crippen LogP contribution >= 0.6 is 18.0 Å². The highest BCUT2D eigenvalue weighted by molar-refractivity contribution is 8.56. The van der Waals surface area contributed by atoms with Crippen LogP contribution in [0.5, 0.6) is 0 Å². The summed E-state index contributed by atoms with van der Waals surface area (Å²) in [6.45, 7) is -1.62. The molecule has 0 fully saturated rings. The van der Waals surface area contributed by atoms with Crippen LogP contribution in [0.1, 0.15) is 5.56 Å². The van der Waals surface area contributed by atoms with Crippen molar-refractivity contribution in [2.75, 3.05) is 5.75 Å². The Hall–Kier alpha value is -1.16. The summed E-state index contributed by atoms with van der Waals surface area (Å²) in [6, 6.07) is 10.8. The molecule has 0 heterocycles. The number of hydrogen-bond acceptors (Lipinski definition) is 3. The third-order valence-corrected chi connectivity index (χ3v) is 6.63.